The Balaban J connectivity index is 1.51. The summed E-state index contributed by atoms with van der Waals surface area (Å²) in [6.45, 7) is 0.422. The van der Waals surface area contributed by atoms with E-state index in [1.54, 1.807) is 12.3 Å². The third kappa shape index (κ3) is 5.71. The molecule has 0 aliphatic rings. The molecule has 0 aliphatic heterocycles. The molecule has 0 fully saturated rings. The molecule has 2 aromatic carbocycles. The maximum absolute atomic E-state index is 12.1. The monoisotopic (exact) mass is 373 g/mol. The normalized spacial score (nSPS) is 10.6. The Morgan fingerprint density at radius 3 is 2.43 bits per heavy atom. The van der Waals surface area contributed by atoms with Crippen LogP contribution in [0.1, 0.15) is 11.3 Å². The number of amides is 1. The van der Waals surface area contributed by atoms with E-state index in [2.05, 4.69) is 10.3 Å². The summed E-state index contributed by atoms with van der Waals surface area (Å²) in [7, 11) is 3.95. The lowest BCUT2D eigenvalue weighted by atomic mass is 10.2. The second-order valence-electron chi connectivity index (χ2n) is 6.44. The van der Waals surface area contributed by atoms with E-state index < -0.39 is 0 Å². The maximum atomic E-state index is 12.1. The number of nitrogens with one attached hydrogen (secondary N) is 1. The fourth-order valence-electron chi connectivity index (χ4n) is 2.51. The first-order chi connectivity index (χ1) is 13.6. The molecule has 1 amide bonds. The van der Waals surface area contributed by atoms with E-state index in [9.17, 15) is 4.79 Å². The number of carbonyl (C=O) groups is 1. The molecule has 0 bridgehead atoms. The fourth-order valence-corrected chi connectivity index (χ4v) is 2.51. The smallest absolute Gasteiger partial charge is 0.248 e. The Bertz CT molecular complexity index is 918. The molecule has 0 unspecified atom stereocenters. The number of ether oxygens (including phenoxy) is 1. The van der Waals surface area contributed by atoms with Crippen LogP contribution in [-0.2, 0) is 11.4 Å². The summed E-state index contributed by atoms with van der Waals surface area (Å²) in [4.78, 5) is 18.3. The molecule has 1 heterocycles. The molecule has 0 spiro atoms. The summed E-state index contributed by atoms with van der Waals surface area (Å²) >= 11 is 0. The molecule has 5 heteroatoms. The van der Waals surface area contributed by atoms with Gasteiger partial charge in [-0.3, -0.25) is 9.78 Å². The minimum Gasteiger partial charge on any atom is -0.487 e. The maximum Gasteiger partial charge on any atom is 0.248 e. The van der Waals surface area contributed by atoms with E-state index in [0.29, 0.717) is 6.61 Å². The molecule has 5 nitrogen and oxygen atoms in total. The highest BCUT2D eigenvalue weighted by Gasteiger charge is 2.00. The summed E-state index contributed by atoms with van der Waals surface area (Å²) in [5, 5.41) is 2.85. The van der Waals surface area contributed by atoms with Gasteiger partial charge in [0, 0.05) is 37.7 Å². The van der Waals surface area contributed by atoms with Crippen LogP contribution >= 0.6 is 0 Å². The van der Waals surface area contributed by atoms with Crippen molar-refractivity contribution in [2.45, 2.75) is 6.61 Å². The van der Waals surface area contributed by atoms with E-state index in [4.69, 9.17) is 4.74 Å². The Kier molecular flexibility index (Phi) is 6.41. The van der Waals surface area contributed by atoms with Crippen LogP contribution in [0.2, 0.25) is 0 Å². The van der Waals surface area contributed by atoms with Gasteiger partial charge in [-0.05, 0) is 60.2 Å². The molecule has 0 saturated carbocycles. The summed E-state index contributed by atoms with van der Waals surface area (Å²) < 4.78 is 5.71. The van der Waals surface area contributed by atoms with Gasteiger partial charge < -0.3 is 15.0 Å². The van der Waals surface area contributed by atoms with Gasteiger partial charge in [0.25, 0.3) is 0 Å². The van der Waals surface area contributed by atoms with Gasteiger partial charge in [0.15, 0.2) is 0 Å². The largest absolute Gasteiger partial charge is 0.487 e. The molecule has 0 aliphatic carbocycles. The number of rotatable bonds is 7. The quantitative estimate of drug-likeness (QED) is 0.625. The van der Waals surface area contributed by atoms with Crippen LogP contribution in [0.15, 0.2) is 79.0 Å². The Morgan fingerprint density at radius 2 is 1.79 bits per heavy atom. The summed E-state index contributed by atoms with van der Waals surface area (Å²) in [5.74, 6) is 0.585. The minimum absolute atomic E-state index is 0.173. The average Bonchev–Trinajstić information content (AvgIpc) is 2.72. The Labute approximate surface area is 165 Å². The number of pyridine rings is 1. The first-order valence-corrected chi connectivity index (χ1v) is 8.99. The van der Waals surface area contributed by atoms with Crippen molar-refractivity contribution in [1.29, 1.82) is 0 Å². The van der Waals surface area contributed by atoms with Crippen molar-refractivity contribution in [3.63, 3.8) is 0 Å². The van der Waals surface area contributed by atoms with Gasteiger partial charge in [-0.25, -0.2) is 0 Å². The van der Waals surface area contributed by atoms with Gasteiger partial charge in [-0.1, -0.05) is 18.2 Å². The third-order valence-electron chi connectivity index (χ3n) is 4.07. The molecular formula is C23H23N3O2. The highest BCUT2D eigenvalue weighted by atomic mass is 16.5. The van der Waals surface area contributed by atoms with Crippen molar-refractivity contribution in [3.05, 3.63) is 90.3 Å². The molecule has 28 heavy (non-hydrogen) atoms. The SMILES string of the molecule is CN(C)c1ccc(NC(=O)/C=C/c2ccc(OCc3ccccn3)cc2)cc1. The first-order valence-electron chi connectivity index (χ1n) is 8.99. The number of anilines is 2. The molecule has 0 atom stereocenters. The number of benzene rings is 2. The highest BCUT2D eigenvalue weighted by Crippen LogP contribution is 2.17. The van der Waals surface area contributed by atoms with Gasteiger partial charge in [0.1, 0.15) is 12.4 Å². The van der Waals surface area contributed by atoms with Crippen LogP contribution < -0.4 is 15.0 Å². The standard InChI is InChI=1S/C23H23N3O2/c1-26(2)21-11-9-19(10-12-21)25-23(27)15-8-18-6-13-22(14-7-18)28-17-20-5-3-4-16-24-20/h3-16H,17H2,1-2H3,(H,25,27)/b15-8+. The summed E-state index contributed by atoms with van der Waals surface area (Å²) in [6, 6.07) is 21.0. The zero-order chi connectivity index (χ0) is 19.8. The van der Waals surface area contributed by atoms with Gasteiger partial charge >= 0.3 is 0 Å². The Hall–Kier alpha value is -3.60. The van der Waals surface area contributed by atoms with Gasteiger partial charge in [-0.2, -0.15) is 0 Å². The van der Waals surface area contributed by atoms with Gasteiger partial charge in [0.05, 0.1) is 5.69 Å². The van der Waals surface area contributed by atoms with Crippen LogP contribution in [-0.4, -0.2) is 25.0 Å². The van der Waals surface area contributed by atoms with Crippen molar-refractivity contribution < 1.29 is 9.53 Å². The van der Waals surface area contributed by atoms with Crippen LogP contribution in [0.5, 0.6) is 5.75 Å². The van der Waals surface area contributed by atoms with Crippen molar-refractivity contribution in [3.8, 4) is 5.75 Å². The molecule has 0 saturated heterocycles. The number of aromatic nitrogens is 1. The average molecular weight is 373 g/mol. The number of carbonyl (C=O) groups excluding carboxylic acids is 1. The fraction of sp³-hybridized carbons (Fsp3) is 0.130. The molecule has 0 radical (unpaired) electrons. The molecule has 1 N–H and O–H groups in total. The van der Waals surface area contributed by atoms with E-state index in [-0.39, 0.29) is 5.91 Å². The van der Waals surface area contributed by atoms with Crippen LogP contribution in [0.25, 0.3) is 6.08 Å². The second-order valence-corrected chi connectivity index (χ2v) is 6.44. The second kappa shape index (κ2) is 9.37. The molecular weight excluding hydrogens is 350 g/mol. The van der Waals surface area contributed by atoms with E-state index in [1.165, 1.54) is 6.08 Å². The van der Waals surface area contributed by atoms with Crippen LogP contribution in [0.4, 0.5) is 11.4 Å². The first kappa shape index (κ1) is 19.2. The lowest BCUT2D eigenvalue weighted by Gasteiger charge is -2.12. The number of nitrogens with zero attached hydrogens (tertiary/aromatic N) is 2. The summed E-state index contributed by atoms with van der Waals surface area (Å²) in [5.41, 5.74) is 3.64. The van der Waals surface area contributed by atoms with Crippen molar-refractivity contribution in [2.75, 3.05) is 24.3 Å². The molecule has 3 aromatic rings. The van der Waals surface area contributed by atoms with Crippen molar-refractivity contribution in [2.24, 2.45) is 0 Å². The number of hydrogen-bond donors (Lipinski definition) is 1. The summed E-state index contributed by atoms with van der Waals surface area (Å²) in [6.07, 6.45) is 5.03. The Morgan fingerprint density at radius 1 is 1.04 bits per heavy atom. The number of hydrogen-bond acceptors (Lipinski definition) is 4. The zero-order valence-corrected chi connectivity index (χ0v) is 16.0. The third-order valence-corrected chi connectivity index (χ3v) is 4.07. The minimum atomic E-state index is -0.173. The lowest BCUT2D eigenvalue weighted by Crippen LogP contribution is -2.10. The van der Waals surface area contributed by atoms with Gasteiger partial charge in [0.2, 0.25) is 5.91 Å². The van der Waals surface area contributed by atoms with E-state index >= 15 is 0 Å². The predicted molar refractivity (Wildman–Crippen MR) is 113 cm³/mol. The molecule has 142 valence electrons. The van der Waals surface area contributed by atoms with Crippen molar-refractivity contribution in [1.82, 2.24) is 4.98 Å². The molecule has 3 rings (SSSR count). The van der Waals surface area contributed by atoms with Crippen LogP contribution in [0, 0.1) is 0 Å². The molecule has 1 aromatic heterocycles. The topological polar surface area (TPSA) is 54.5 Å². The zero-order valence-electron chi connectivity index (χ0n) is 16.0. The highest BCUT2D eigenvalue weighted by molar-refractivity contribution is 6.02. The lowest BCUT2D eigenvalue weighted by molar-refractivity contribution is -0.111. The van der Waals surface area contributed by atoms with Crippen molar-refractivity contribution >= 4 is 23.4 Å². The van der Waals surface area contributed by atoms with Gasteiger partial charge in [-0.15, -0.1) is 0 Å². The van der Waals surface area contributed by atoms with E-state index in [0.717, 1.165) is 28.4 Å². The van der Waals surface area contributed by atoms with E-state index in [1.807, 2.05) is 85.7 Å². The van der Waals surface area contributed by atoms with Crippen LogP contribution in [0.3, 0.4) is 0 Å². The predicted octanol–water partition coefficient (Wildman–Crippen LogP) is 4.38.